The van der Waals surface area contributed by atoms with Crippen LogP contribution in [-0.2, 0) is 18.4 Å². The van der Waals surface area contributed by atoms with Crippen LogP contribution in [0.1, 0.15) is 25.5 Å². The summed E-state index contributed by atoms with van der Waals surface area (Å²) in [5.74, 6) is -0.00875. The summed E-state index contributed by atoms with van der Waals surface area (Å²) in [7, 11) is 1.85. The first kappa shape index (κ1) is 11.7. The Bertz CT molecular complexity index is 321. The molecule has 15 heavy (non-hydrogen) atoms. The Balaban J connectivity index is 2.31. The van der Waals surface area contributed by atoms with Gasteiger partial charge >= 0.3 is 0 Å². The zero-order chi connectivity index (χ0) is 11.3. The van der Waals surface area contributed by atoms with Crippen molar-refractivity contribution in [1.82, 2.24) is 15.1 Å². The second kappa shape index (κ2) is 5.50. The molecule has 0 saturated carbocycles. The Morgan fingerprint density at radius 1 is 1.73 bits per heavy atom. The smallest absolute Gasteiger partial charge is 0.221 e. The van der Waals surface area contributed by atoms with Crippen LogP contribution in [0.15, 0.2) is 12.3 Å². The molecule has 0 radical (unpaired) electrons. The Morgan fingerprint density at radius 3 is 3.00 bits per heavy atom. The fraction of sp³-hybridized carbons (Fsp3) is 0.600. The van der Waals surface area contributed by atoms with E-state index in [0.717, 1.165) is 12.1 Å². The van der Waals surface area contributed by atoms with Gasteiger partial charge < -0.3 is 11.1 Å². The average molecular weight is 210 g/mol. The van der Waals surface area contributed by atoms with Gasteiger partial charge in [-0.2, -0.15) is 5.10 Å². The quantitative estimate of drug-likeness (QED) is 0.727. The highest BCUT2D eigenvalue weighted by Crippen LogP contribution is 1.97. The molecule has 0 aliphatic heterocycles. The molecule has 1 heterocycles. The lowest BCUT2D eigenvalue weighted by Crippen LogP contribution is -2.31. The molecule has 0 spiro atoms. The van der Waals surface area contributed by atoms with Crippen LogP contribution in [0.3, 0.4) is 0 Å². The second-order valence-corrected chi connectivity index (χ2v) is 3.60. The normalized spacial score (nSPS) is 12.5. The van der Waals surface area contributed by atoms with E-state index in [1.165, 1.54) is 0 Å². The summed E-state index contributed by atoms with van der Waals surface area (Å²) < 4.78 is 1.74. The number of nitrogens with zero attached hydrogens (tertiary/aromatic N) is 2. The topological polar surface area (TPSA) is 72.9 Å². The van der Waals surface area contributed by atoms with Crippen LogP contribution in [-0.4, -0.2) is 21.7 Å². The molecule has 1 rings (SSSR count). The highest BCUT2D eigenvalue weighted by molar-refractivity contribution is 5.76. The summed E-state index contributed by atoms with van der Waals surface area (Å²) in [4.78, 5) is 11.4. The van der Waals surface area contributed by atoms with Crippen molar-refractivity contribution in [2.24, 2.45) is 12.8 Å². The molecule has 1 atom stereocenters. The average Bonchev–Trinajstić information content (AvgIpc) is 2.61. The number of nitrogens with one attached hydrogen (secondary N) is 1. The van der Waals surface area contributed by atoms with Crippen molar-refractivity contribution in [3.05, 3.63) is 18.0 Å². The van der Waals surface area contributed by atoms with Crippen LogP contribution in [0, 0.1) is 0 Å². The van der Waals surface area contributed by atoms with E-state index in [1.807, 2.05) is 20.0 Å². The van der Waals surface area contributed by atoms with Gasteiger partial charge in [0.1, 0.15) is 0 Å². The van der Waals surface area contributed by atoms with Crippen LogP contribution in [0.25, 0.3) is 0 Å². The highest BCUT2D eigenvalue weighted by atomic mass is 16.1. The Kier molecular flexibility index (Phi) is 4.30. The van der Waals surface area contributed by atoms with Crippen LogP contribution in [0.5, 0.6) is 0 Å². The molecule has 5 nitrogen and oxygen atoms in total. The molecule has 1 aromatic heterocycles. The van der Waals surface area contributed by atoms with Gasteiger partial charge in [-0.15, -0.1) is 0 Å². The first-order valence-corrected chi connectivity index (χ1v) is 5.12. The minimum Gasteiger partial charge on any atom is -0.350 e. The summed E-state index contributed by atoms with van der Waals surface area (Å²) in [5, 5.41) is 6.82. The fourth-order valence-corrected chi connectivity index (χ4v) is 1.22. The third kappa shape index (κ3) is 3.71. The molecule has 1 amide bonds. The van der Waals surface area contributed by atoms with E-state index in [0.29, 0.717) is 13.0 Å². The fourth-order valence-electron chi connectivity index (χ4n) is 1.22. The van der Waals surface area contributed by atoms with Gasteiger partial charge in [0.2, 0.25) is 5.91 Å². The zero-order valence-corrected chi connectivity index (χ0v) is 9.23. The highest BCUT2D eigenvalue weighted by Gasteiger charge is 2.07. The summed E-state index contributed by atoms with van der Waals surface area (Å²) in [6.45, 7) is 2.48. The molecule has 3 N–H and O–H groups in total. The predicted molar refractivity (Wildman–Crippen MR) is 57.9 cm³/mol. The van der Waals surface area contributed by atoms with E-state index in [2.05, 4.69) is 10.4 Å². The number of hydrogen-bond donors (Lipinski definition) is 2. The van der Waals surface area contributed by atoms with Crippen molar-refractivity contribution in [1.29, 1.82) is 0 Å². The molecule has 0 saturated heterocycles. The van der Waals surface area contributed by atoms with Crippen molar-refractivity contribution < 1.29 is 4.79 Å². The lowest BCUT2D eigenvalue weighted by atomic mass is 10.1. The van der Waals surface area contributed by atoms with Gasteiger partial charge in [0.25, 0.3) is 0 Å². The Morgan fingerprint density at radius 2 is 2.47 bits per heavy atom. The van der Waals surface area contributed by atoms with E-state index in [9.17, 15) is 4.79 Å². The van der Waals surface area contributed by atoms with Gasteiger partial charge in [0.05, 0.1) is 12.2 Å². The van der Waals surface area contributed by atoms with Crippen molar-refractivity contribution in [3.8, 4) is 0 Å². The minimum absolute atomic E-state index is 0.00875. The largest absolute Gasteiger partial charge is 0.350 e. The van der Waals surface area contributed by atoms with Gasteiger partial charge in [0, 0.05) is 25.7 Å². The lowest BCUT2D eigenvalue weighted by molar-refractivity contribution is -0.121. The summed E-state index contributed by atoms with van der Waals surface area (Å²) in [5.41, 5.74) is 6.65. The number of rotatable bonds is 5. The van der Waals surface area contributed by atoms with Crippen LogP contribution >= 0.6 is 0 Å². The molecular weight excluding hydrogens is 192 g/mol. The van der Waals surface area contributed by atoms with E-state index < -0.39 is 0 Å². The molecule has 0 aromatic carbocycles. The van der Waals surface area contributed by atoms with E-state index in [4.69, 9.17) is 5.73 Å². The molecule has 1 aromatic rings. The summed E-state index contributed by atoms with van der Waals surface area (Å²) in [6, 6.07) is 1.83. The maximum atomic E-state index is 11.4. The number of carbonyl (C=O) groups is 1. The van der Waals surface area contributed by atoms with E-state index in [-0.39, 0.29) is 11.9 Å². The molecule has 0 bridgehead atoms. The Labute approximate surface area is 89.6 Å². The zero-order valence-electron chi connectivity index (χ0n) is 9.23. The minimum atomic E-state index is -0.0449. The number of aromatic nitrogens is 2. The van der Waals surface area contributed by atoms with E-state index in [1.54, 1.807) is 10.9 Å². The third-order valence-corrected chi connectivity index (χ3v) is 2.36. The number of aryl methyl sites for hydroxylation is 1. The van der Waals surface area contributed by atoms with Gasteiger partial charge in [-0.3, -0.25) is 9.48 Å². The van der Waals surface area contributed by atoms with Gasteiger partial charge in [-0.25, -0.2) is 0 Å². The van der Waals surface area contributed by atoms with Crippen molar-refractivity contribution in [3.63, 3.8) is 0 Å². The monoisotopic (exact) mass is 210 g/mol. The molecule has 84 valence electrons. The first-order valence-electron chi connectivity index (χ1n) is 5.12. The molecule has 5 heteroatoms. The summed E-state index contributed by atoms with van der Waals surface area (Å²) >= 11 is 0. The molecule has 0 fully saturated rings. The third-order valence-electron chi connectivity index (χ3n) is 2.36. The molecule has 0 aliphatic carbocycles. The van der Waals surface area contributed by atoms with Gasteiger partial charge in [0.15, 0.2) is 0 Å². The molecular formula is C10H18N4O. The number of amides is 1. The summed E-state index contributed by atoms with van der Waals surface area (Å²) in [6.07, 6.45) is 2.91. The maximum absolute atomic E-state index is 11.4. The predicted octanol–water partition coefficient (Wildman–Crippen LogP) is 0.164. The molecule has 0 aliphatic rings. The van der Waals surface area contributed by atoms with Crippen molar-refractivity contribution in [2.45, 2.75) is 32.4 Å². The second-order valence-electron chi connectivity index (χ2n) is 3.60. The first-order chi connectivity index (χ1) is 7.13. The molecule has 1 unspecified atom stereocenters. The maximum Gasteiger partial charge on any atom is 0.221 e. The Hall–Kier alpha value is -1.36. The number of nitrogens with two attached hydrogens (primary N) is 1. The SMILES string of the molecule is CCC(N)CC(=O)NCc1ccnn1C. The number of hydrogen-bond acceptors (Lipinski definition) is 3. The van der Waals surface area contributed by atoms with Crippen molar-refractivity contribution in [2.75, 3.05) is 0 Å². The van der Waals surface area contributed by atoms with Gasteiger partial charge in [-0.1, -0.05) is 6.92 Å². The van der Waals surface area contributed by atoms with Gasteiger partial charge in [-0.05, 0) is 12.5 Å². The number of carbonyl (C=O) groups excluding carboxylic acids is 1. The van der Waals surface area contributed by atoms with Crippen LogP contribution in [0.4, 0.5) is 0 Å². The van der Waals surface area contributed by atoms with E-state index >= 15 is 0 Å². The van der Waals surface area contributed by atoms with Crippen LogP contribution < -0.4 is 11.1 Å². The van der Waals surface area contributed by atoms with Crippen molar-refractivity contribution >= 4 is 5.91 Å². The lowest BCUT2D eigenvalue weighted by Gasteiger charge is -2.09. The van der Waals surface area contributed by atoms with Crippen LogP contribution in [0.2, 0.25) is 0 Å². The standard InChI is InChI=1S/C10H18N4O/c1-3-8(11)6-10(15)12-7-9-4-5-13-14(9)2/h4-5,8H,3,6-7,11H2,1-2H3,(H,12,15).